The minimum atomic E-state index is 0.284. The Morgan fingerprint density at radius 2 is 2.00 bits per heavy atom. The first-order valence-corrected chi connectivity index (χ1v) is 6.09. The summed E-state index contributed by atoms with van der Waals surface area (Å²) in [7, 11) is 0. The molecule has 0 atom stereocenters. The lowest BCUT2D eigenvalue weighted by atomic mass is 9.86. The average Bonchev–Trinajstić information content (AvgIpc) is 2.73. The van der Waals surface area contributed by atoms with Gasteiger partial charge in [-0.2, -0.15) is 5.26 Å². The summed E-state index contributed by atoms with van der Waals surface area (Å²) in [4.78, 5) is 0. The minimum absolute atomic E-state index is 0.284. The molecule has 2 rings (SSSR count). The summed E-state index contributed by atoms with van der Waals surface area (Å²) < 4.78 is 1.93. The van der Waals surface area contributed by atoms with Gasteiger partial charge in [-0.05, 0) is 26.7 Å². The molecule has 4 heteroatoms. The van der Waals surface area contributed by atoms with Crippen LogP contribution in [0.3, 0.4) is 0 Å². The monoisotopic (exact) mass is 218 g/mol. The Labute approximate surface area is 96.3 Å². The normalized spacial score (nSPS) is 17.6. The zero-order valence-corrected chi connectivity index (χ0v) is 9.98. The molecule has 0 aromatic carbocycles. The smallest absolute Gasteiger partial charge is 0.186 e. The van der Waals surface area contributed by atoms with Gasteiger partial charge in [-0.15, -0.1) is 5.10 Å². The fourth-order valence-electron chi connectivity index (χ4n) is 2.52. The predicted molar refractivity (Wildman–Crippen MR) is 60.9 cm³/mol. The number of aromatic nitrogens is 3. The van der Waals surface area contributed by atoms with Gasteiger partial charge in [0.2, 0.25) is 0 Å². The van der Waals surface area contributed by atoms with E-state index in [0.717, 1.165) is 5.69 Å². The van der Waals surface area contributed by atoms with E-state index in [4.69, 9.17) is 5.26 Å². The van der Waals surface area contributed by atoms with Crippen molar-refractivity contribution in [3.63, 3.8) is 0 Å². The predicted octanol–water partition coefficient (Wildman–Crippen LogP) is 2.78. The quantitative estimate of drug-likeness (QED) is 0.767. The second-order valence-corrected chi connectivity index (χ2v) is 4.81. The van der Waals surface area contributed by atoms with Crippen LogP contribution in [-0.2, 0) is 0 Å². The highest BCUT2D eigenvalue weighted by Gasteiger charge is 2.25. The number of hydrogen-bond donors (Lipinski definition) is 0. The SMILES string of the molecule is CC(C)n1nnc(C#N)c1C1CCCCC1. The first-order chi connectivity index (χ1) is 7.74. The van der Waals surface area contributed by atoms with E-state index in [1.807, 2.05) is 4.68 Å². The molecule has 0 bridgehead atoms. The third-order valence-corrected chi connectivity index (χ3v) is 3.32. The van der Waals surface area contributed by atoms with Gasteiger partial charge < -0.3 is 0 Å². The van der Waals surface area contributed by atoms with E-state index in [0.29, 0.717) is 11.6 Å². The lowest BCUT2D eigenvalue weighted by Gasteiger charge is -2.23. The highest BCUT2D eigenvalue weighted by atomic mass is 15.4. The Balaban J connectivity index is 2.36. The summed E-state index contributed by atoms with van der Waals surface area (Å²) >= 11 is 0. The maximum Gasteiger partial charge on any atom is 0.186 e. The number of hydrogen-bond acceptors (Lipinski definition) is 3. The largest absolute Gasteiger partial charge is 0.245 e. The molecular formula is C12H18N4. The van der Waals surface area contributed by atoms with Crippen molar-refractivity contribution in [1.29, 1.82) is 5.26 Å². The van der Waals surface area contributed by atoms with Crippen LogP contribution >= 0.6 is 0 Å². The molecule has 0 N–H and O–H groups in total. The first-order valence-electron chi connectivity index (χ1n) is 6.09. The second kappa shape index (κ2) is 4.65. The van der Waals surface area contributed by atoms with Gasteiger partial charge in [-0.1, -0.05) is 24.5 Å². The molecule has 1 aliphatic carbocycles. The van der Waals surface area contributed by atoms with Gasteiger partial charge >= 0.3 is 0 Å². The number of nitriles is 1. The van der Waals surface area contributed by atoms with Gasteiger partial charge in [0, 0.05) is 12.0 Å². The van der Waals surface area contributed by atoms with E-state index in [9.17, 15) is 0 Å². The average molecular weight is 218 g/mol. The van der Waals surface area contributed by atoms with E-state index >= 15 is 0 Å². The van der Waals surface area contributed by atoms with Crippen LogP contribution in [0.5, 0.6) is 0 Å². The Morgan fingerprint density at radius 1 is 1.31 bits per heavy atom. The molecule has 1 heterocycles. The molecule has 1 aliphatic rings. The molecule has 1 saturated carbocycles. The molecule has 0 unspecified atom stereocenters. The molecular weight excluding hydrogens is 200 g/mol. The fourth-order valence-corrected chi connectivity index (χ4v) is 2.52. The maximum atomic E-state index is 9.08. The van der Waals surface area contributed by atoms with Crippen LogP contribution in [0, 0.1) is 11.3 Å². The highest BCUT2D eigenvalue weighted by Crippen LogP contribution is 2.34. The van der Waals surface area contributed by atoms with E-state index in [-0.39, 0.29) is 6.04 Å². The first kappa shape index (κ1) is 11.1. The Bertz CT molecular complexity index is 394. The summed E-state index contributed by atoms with van der Waals surface area (Å²) in [5.41, 5.74) is 1.60. The van der Waals surface area contributed by atoms with Gasteiger partial charge in [0.05, 0.1) is 5.69 Å². The van der Waals surface area contributed by atoms with Gasteiger partial charge in [-0.25, -0.2) is 4.68 Å². The molecule has 86 valence electrons. The van der Waals surface area contributed by atoms with Crippen molar-refractivity contribution >= 4 is 0 Å². The van der Waals surface area contributed by atoms with Crippen molar-refractivity contribution in [2.75, 3.05) is 0 Å². The minimum Gasteiger partial charge on any atom is -0.245 e. The van der Waals surface area contributed by atoms with Crippen LogP contribution in [0.1, 0.15) is 69.3 Å². The van der Waals surface area contributed by atoms with Gasteiger partial charge in [0.25, 0.3) is 0 Å². The van der Waals surface area contributed by atoms with Gasteiger partial charge in [0.1, 0.15) is 6.07 Å². The van der Waals surface area contributed by atoms with Gasteiger partial charge in [-0.3, -0.25) is 0 Å². The topological polar surface area (TPSA) is 54.5 Å². The summed E-state index contributed by atoms with van der Waals surface area (Å²) in [5.74, 6) is 0.487. The Kier molecular flexibility index (Phi) is 3.23. The molecule has 4 nitrogen and oxygen atoms in total. The van der Waals surface area contributed by atoms with E-state index in [2.05, 4.69) is 30.2 Å². The van der Waals surface area contributed by atoms with Crippen molar-refractivity contribution in [2.45, 2.75) is 57.9 Å². The van der Waals surface area contributed by atoms with Crippen LogP contribution in [0.4, 0.5) is 0 Å². The van der Waals surface area contributed by atoms with Crippen LogP contribution in [0.25, 0.3) is 0 Å². The van der Waals surface area contributed by atoms with Crippen LogP contribution in [0.2, 0.25) is 0 Å². The van der Waals surface area contributed by atoms with Crippen molar-refractivity contribution in [3.8, 4) is 6.07 Å². The van der Waals surface area contributed by atoms with Crippen molar-refractivity contribution in [1.82, 2.24) is 15.0 Å². The summed E-state index contributed by atoms with van der Waals surface area (Å²) in [6.07, 6.45) is 6.20. The standard InChI is InChI=1S/C12H18N4/c1-9(2)16-12(11(8-13)14-15-16)10-6-4-3-5-7-10/h9-10H,3-7H2,1-2H3. The number of nitrogens with zero attached hydrogens (tertiary/aromatic N) is 4. The molecule has 1 fully saturated rings. The molecule has 0 amide bonds. The van der Waals surface area contributed by atoms with Crippen LogP contribution < -0.4 is 0 Å². The zero-order valence-electron chi connectivity index (χ0n) is 9.98. The Morgan fingerprint density at radius 3 is 2.56 bits per heavy atom. The number of rotatable bonds is 2. The van der Waals surface area contributed by atoms with E-state index < -0.39 is 0 Å². The molecule has 1 aromatic rings. The van der Waals surface area contributed by atoms with Crippen LogP contribution in [-0.4, -0.2) is 15.0 Å². The lowest BCUT2D eigenvalue weighted by Crippen LogP contribution is -2.14. The van der Waals surface area contributed by atoms with Gasteiger partial charge in [0.15, 0.2) is 5.69 Å². The third-order valence-electron chi connectivity index (χ3n) is 3.32. The molecule has 0 spiro atoms. The molecule has 0 radical (unpaired) electrons. The molecule has 0 aliphatic heterocycles. The second-order valence-electron chi connectivity index (χ2n) is 4.81. The van der Waals surface area contributed by atoms with Crippen molar-refractivity contribution in [2.24, 2.45) is 0 Å². The van der Waals surface area contributed by atoms with E-state index in [1.165, 1.54) is 32.1 Å². The molecule has 0 saturated heterocycles. The summed E-state index contributed by atoms with van der Waals surface area (Å²) in [6, 6.07) is 2.46. The maximum absolute atomic E-state index is 9.08. The Hall–Kier alpha value is -1.37. The van der Waals surface area contributed by atoms with E-state index in [1.54, 1.807) is 0 Å². The lowest BCUT2D eigenvalue weighted by molar-refractivity contribution is 0.399. The zero-order chi connectivity index (χ0) is 11.5. The molecule has 1 aromatic heterocycles. The summed E-state index contributed by atoms with van der Waals surface area (Å²) in [6.45, 7) is 4.17. The third kappa shape index (κ3) is 1.95. The summed E-state index contributed by atoms with van der Waals surface area (Å²) in [5, 5.41) is 17.2. The van der Waals surface area contributed by atoms with Crippen molar-refractivity contribution in [3.05, 3.63) is 11.4 Å². The highest BCUT2D eigenvalue weighted by molar-refractivity contribution is 5.28. The van der Waals surface area contributed by atoms with Crippen LogP contribution in [0.15, 0.2) is 0 Å². The molecule has 16 heavy (non-hydrogen) atoms. The fraction of sp³-hybridized carbons (Fsp3) is 0.750. The van der Waals surface area contributed by atoms with Crippen molar-refractivity contribution < 1.29 is 0 Å².